The number of benzene rings is 2. The summed E-state index contributed by atoms with van der Waals surface area (Å²) in [7, 11) is 0. The average molecular weight is 350 g/mol. The van der Waals surface area contributed by atoms with Crippen molar-refractivity contribution < 1.29 is 18.7 Å². The number of amides is 1. The van der Waals surface area contributed by atoms with Crippen molar-refractivity contribution in [2.45, 2.75) is 19.4 Å². The first-order valence-electron chi connectivity index (χ1n) is 7.40. The van der Waals surface area contributed by atoms with Crippen LogP contribution in [-0.2, 0) is 20.7 Å². The number of hydrogen-bond donors (Lipinski definition) is 1. The Morgan fingerprint density at radius 1 is 1.17 bits per heavy atom. The summed E-state index contributed by atoms with van der Waals surface area (Å²) >= 11 is 5.85. The van der Waals surface area contributed by atoms with Crippen molar-refractivity contribution in [3.63, 3.8) is 0 Å². The normalized spacial score (nSPS) is 11.6. The van der Waals surface area contributed by atoms with Gasteiger partial charge >= 0.3 is 5.97 Å². The van der Waals surface area contributed by atoms with E-state index < -0.39 is 24.3 Å². The van der Waals surface area contributed by atoms with E-state index in [2.05, 4.69) is 5.32 Å². The van der Waals surface area contributed by atoms with E-state index in [1.165, 1.54) is 18.2 Å². The molecule has 126 valence electrons. The topological polar surface area (TPSA) is 55.4 Å². The van der Waals surface area contributed by atoms with E-state index in [-0.39, 0.29) is 23.0 Å². The van der Waals surface area contributed by atoms with Gasteiger partial charge < -0.3 is 10.1 Å². The van der Waals surface area contributed by atoms with Gasteiger partial charge in [0, 0.05) is 10.6 Å². The first-order chi connectivity index (χ1) is 11.5. The van der Waals surface area contributed by atoms with Gasteiger partial charge in [0.1, 0.15) is 5.82 Å². The molecule has 4 nitrogen and oxygen atoms in total. The Kier molecular flexibility index (Phi) is 6.32. The van der Waals surface area contributed by atoms with Crippen molar-refractivity contribution in [2.24, 2.45) is 0 Å². The molecule has 1 unspecified atom stereocenters. The lowest BCUT2D eigenvalue weighted by Gasteiger charge is -2.14. The van der Waals surface area contributed by atoms with Crippen LogP contribution in [0.15, 0.2) is 48.5 Å². The van der Waals surface area contributed by atoms with Gasteiger partial charge in [-0.1, -0.05) is 48.0 Å². The van der Waals surface area contributed by atoms with Crippen LogP contribution in [0.2, 0.25) is 5.02 Å². The summed E-state index contributed by atoms with van der Waals surface area (Å²) in [5, 5.41) is 2.87. The number of carbonyl (C=O) groups is 2. The number of halogens is 2. The molecule has 0 aliphatic rings. The molecular formula is C18H17ClFNO3. The van der Waals surface area contributed by atoms with Crippen LogP contribution < -0.4 is 5.32 Å². The zero-order valence-electron chi connectivity index (χ0n) is 13.1. The Morgan fingerprint density at radius 3 is 2.54 bits per heavy atom. The van der Waals surface area contributed by atoms with Crippen molar-refractivity contribution in [1.82, 2.24) is 5.32 Å². The number of ether oxygens (including phenoxy) is 1. The molecule has 0 radical (unpaired) electrons. The average Bonchev–Trinajstić information content (AvgIpc) is 2.57. The van der Waals surface area contributed by atoms with E-state index >= 15 is 0 Å². The molecule has 6 heteroatoms. The summed E-state index contributed by atoms with van der Waals surface area (Å²) in [6.07, 6.45) is -0.326. The Bertz CT molecular complexity index is 701. The quantitative estimate of drug-likeness (QED) is 0.813. The minimum Gasteiger partial charge on any atom is -0.455 e. The summed E-state index contributed by atoms with van der Waals surface area (Å²) in [4.78, 5) is 23.6. The fourth-order valence-corrected chi connectivity index (χ4v) is 2.38. The van der Waals surface area contributed by atoms with E-state index in [0.717, 1.165) is 5.56 Å². The highest BCUT2D eigenvalue weighted by atomic mass is 35.5. The molecule has 0 spiro atoms. The zero-order chi connectivity index (χ0) is 17.5. The lowest BCUT2D eigenvalue weighted by atomic mass is 10.1. The number of esters is 1. The Morgan fingerprint density at radius 2 is 1.88 bits per heavy atom. The maximum Gasteiger partial charge on any atom is 0.310 e. The maximum absolute atomic E-state index is 13.6. The van der Waals surface area contributed by atoms with Crippen LogP contribution in [-0.4, -0.2) is 18.5 Å². The van der Waals surface area contributed by atoms with Crippen molar-refractivity contribution in [3.8, 4) is 0 Å². The van der Waals surface area contributed by atoms with Gasteiger partial charge in [0.05, 0.1) is 12.5 Å². The molecule has 0 fully saturated rings. The second kappa shape index (κ2) is 8.45. The first-order valence-corrected chi connectivity index (χ1v) is 7.78. The van der Waals surface area contributed by atoms with Gasteiger partial charge in [0.15, 0.2) is 6.61 Å². The predicted molar refractivity (Wildman–Crippen MR) is 89.1 cm³/mol. The lowest BCUT2D eigenvalue weighted by molar-refractivity contribution is -0.148. The molecule has 0 bridgehead atoms. The lowest BCUT2D eigenvalue weighted by Crippen LogP contribution is -2.31. The minimum atomic E-state index is -0.718. The van der Waals surface area contributed by atoms with Crippen LogP contribution in [0.1, 0.15) is 24.1 Å². The molecule has 0 saturated carbocycles. The summed E-state index contributed by atoms with van der Waals surface area (Å²) in [5.41, 5.74) is 0.998. The van der Waals surface area contributed by atoms with Crippen molar-refractivity contribution in [2.75, 3.05) is 6.61 Å². The van der Waals surface area contributed by atoms with E-state index in [0.29, 0.717) is 0 Å². The molecule has 1 atom stereocenters. The number of rotatable bonds is 6. The molecule has 2 aromatic rings. The predicted octanol–water partition coefficient (Wildman–Crippen LogP) is 3.44. The van der Waals surface area contributed by atoms with Crippen LogP contribution in [0.5, 0.6) is 0 Å². The van der Waals surface area contributed by atoms with Gasteiger partial charge in [0.25, 0.3) is 5.91 Å². The molecule has 0 aliphatic carbocycles. The third-order valence-corrected chi connectivity index (χ3v) is 3.78. The van der Waals surface area contributed by atoms with Gasteiger partial charge in [-0.25, -0.2) is 4.39 Å². The summed E-state index contributed by atoms with van der Waals surface area (Å²) in [5.74, 6) is -1.73. The first kappa shape index (κ1) is 17.9. The van der Waals surface area contributed by atoms with Gasteiger partial charge in [0.2, 0.25) is 0 Å². The highest BCUT2D eigenvalue weighted by molar-refractivity contribution is 6.31. The van der Waals surface area contributed by atoms with Crippen LogP contribution in [0.25, 0.3) is 0 Å². The fourth-order valence-electron chi connectivity index (χ4n) is 2.15. The van der Waals surface area contributed by atoms with E-state index in [1.54, 1.807) is 0 Å². The zero-order valence-corrected chi connectivity index (χ0v) is 13.8. The van der Waals surface area contributed by atoms with Gasteiger partial charge in [-0.3, -0.25) is 9.59 Å². The smallest absolute Gasteiger partial charge is 0.310 e. The van der Waals surface area contributed by atoms with Crippen molar-refractivity contribution in [1.29, 1.82) is 0 Å². The minimum absolute atomic E-state index is 0.0576. The molecule has 0 saturated heterocycles. The molecule has 0 heterocycles. The van der Waals surface area contributed by atoms with Crippen LogP contribution in [0.4, 0.5) is 4.39 Å². The summed E-state index contributed by atoms with van der Waals surface area (Å²) in [6.45, 7) is 1.40. The molecule has 0 aromatic heterocycles. The highest BCUT2D eigenvalue weighted by Gasteiger charge is 2.15. The van der Waals surface area contributed by atoms with Crippen molar-refractivity contribution in [3.05, 3.63) is 70.5 Å². The van der Waals surface area contributed by atoms with Gasteiger partial charge in [-0.2, -0.15) is 0 Å². The van der Waals surface area contributed by atoms with Crippen LogP contribution >= 0.6 is 11.6 Å². The van der Waals surface area contributed by atoms with Crippen LogP contribution in [0.3, 0.4) is 0 Å². The summed E-state index contributed by atoms with van der Waals surface area (Å²) < 4.78 is 18.5. The monoisotopic (exact) mass is 349 g/mol. The Labute approximate surface area is 144 Å². The molecule has 2 aromatic carbocycles. The second-order valence-corrected chi connectivity index (χ2v) is 5.64. The number of carbonyl (C=O) groups excluding carboxylic acids is 2. The van der Waals surface area contributed by atoms with Gasteiger partial charge in [-0.05, 0) is 24.6 Å². The largest absolute Gasteiger partial charge is 0.455 e. The second-order valence-electron chi connectivity index (χ2n) is 5.24. The standard InChI is InChI=1S/C18H17ClFNO3/c1-12(13-6-3-2-4-7-13)21-17(22)11-24-18(23)10-14-15(19)8-5-9-16(14)20/h2-9,12H,10-11H2,1H3,(H,21,22). The number of nitrogens with one attached hydrogen (secondary N) is 1. The third kappa shape index (κ3) is 5.06. The van der Waals surface area contributed by atoms with E-state index in [4.69, 9.17) is 16.3 Å². The summed E-state index contributed by atoms with van der Waals surface area (Å²) in [6, 6.07) is 13.3. The van der Waals surface area contributed by atoms with E-state index in [9.17, 15) is 14.0 Å². The molecule has 0 aliphatic heterocycles. The maximum atomic E-state index is 13.6. The Hall–Kier alpha value is -2.40. The molecule has 24 heavy (non-hydrogen) atoms. The van der Waals surface area contributed by atoms with Gasteiger partial charge in [-0.15, -0.1) is 0 Å². The highest BCUT2D eigenvalue weighted by Crippen LogP contribution is 2.19. The fraction of sp³-hybridized carbons (Fsp3) is 0.222. The van der Waals surface area contributed by atoms with E-state index in [1.807, 2.05) is 37.3 Å². The molecular weight excluding hydrogens is 333 g/mol. The molecule has 1 amide bonds. The third-order valence-electron chi connectivity index (χ3n) is 3.42. The molecule has 2 rings (SSSR count). The Balaban J connectivity index is 1.82. The SMILES string of the molecule is CC(NC(=O)COC(=O)Cc1c(F)cccc1Cl)c1ccccc1. The van der Waals surface area contributed by atoms with Crippen molar-refractivity contribution >= 4 is 23.5 Å². The number of hydrogen-bond acceptors (Lipinski definition) is 3. The van der Waals surface area contributed by atoms with Crippen LogP contribution in [0, 0.1) is 5.82 Å². The molecule has 1 N–H and O–H groups in total.